The number of nitrogens with one attached hydrogen (secondary N) is 1. The van der Waals surface area contributed by atoms with Gasteiger partial charge < -0.3 is 5.32 Å². The van der Waals surface area contributed by atoms with E-state index in [1.165, 1.54) is 28.8 Å². The zero-order valence-corrected chi connectivity index (χ0v) is 26.3. The molecule has 1 N–H and O–H groups in total. The average Bonchev–Trinajstić information content (AvgIpc) is 3.04. The molecule has 0 spiro atoms. The van der Waals surface area contributed by atoms with Crippen LogP contribution in [-0.4, -0.2) is 30.4 Å². The topological polar surface area (TPSA) is 32.3 Å². The highest BCUT2D eigenvalue weighted by molar-refractivity contribution is 5.85. The molecule has 1 amide bonds. The SMILES string of the molecule is CC1c2cc(F)ccc2CCN1CCCC(CCCNC(=O)CCc1ccc(F)cc1)(c1ccccc1)c1ccccc1.Cl. The van der Waals surface area contributed by atoms with Gasteiger partial charge in [-0.15, -0.1) is 12.4 Å². The lowest BCUT2D eigenvalue weighted by Gasteiger charge is -2.38. The van der Waals surface area contributed by atoms with E-state index in [-0.39, 0.29) is 41.4 Å². The van der Waals surface area contributed by atoms with Crippen molar-refractivity contribution in [2.75, 3.05) is 19.6 Å². The summed E-state index contributed by atoms with van der Waals surface area (Å²) in [4.78, 5) is 15.1. The highest BCUT2D eigenvalue weighted by Gasteiger charge is 2.34. The first-order chi connectivity index (χ1) is 20.9. The lowest BCUT2D eigenvalue weighted by atomic mass is 9.68. The smallest absolute Gasteiger partial charge is 0.220 e. The molecule has 0 radical (unpaired) electrons. The molecule has 0 fully saturated rings. The number of hydrogen-bond acceptors (Lipinski definition) is 2. The van der Waals surface area contributed by atoms with Crippen LogP contribution in [0.3, 0.4) is 0 Å². The Morgan fingerprint density at radius 1 is 0.841 bits per heavy atom. The van der Waals surface area contributed by atoms with Gasteiger partial charge in [-0.2, -0.15) is 0 Å². The van der Waals surface area contributed by atoms with Crippen LogP contribution in [0.25, 0.3) is 0 Å². The summed E-state index contributed by atoms with van der Waals surface area (Å²) in [5.74, 6) is -0.410. The number of nitrogens with zero attached hydrogens (tertiary/aromatic N) is 1. The molecule has 0 saturated carbocycles. The quantitative estimate of drug-likeness (QED) is 0.153. The largest absolute Gasteiger partial charge is 0.356 e. The first kappa shape index (κ1) is 33.4. The number of rotatable bonds is 13. The lowest BCUT2D eigenvalue weighted by Crippen LogP contribution is -2.36. The van der Waals surface area contributed by atoms with Gasteiger partial charge in [-0.05, 0) is 104 Å². The van der Waals surface area contributed by atoms with Crippen molar-refractivity contribution in [2.45, 2.75) is 63.3 Å². The molecule has 4 aromatic rings. The molecule has 1 heterocycles. The molecule has 1 unspecified atom stereocenters. The molecule has 44 heavy (non-hydrogen) atoms. The monoisotopic (exact) mass is 616 g/mol. The molecule has 0 aromatic heterocycles. The third kappa shape index (κ3) is 8.34. The van der Waals surface area contributed by atoms with Gasteiger partial charge in [-0.3, -0.25) is 9.69 Å². The fraction of sp³-hybridized carbons (Fsp3) is 0.342. The van der Waals surface area contributed by atoms with Crippen molar-refractivity contribution in [1.82, 2.24) is 10.2 Å². The molecule has 0 aliphatic carbocycles. The van der Waals surface area contributed by atoms with Crippen molar-refractivity contribution in [2.24, 2.45) is 0 Å². The van der Waals surface area contributed by atoms with Crippen LogP contribution >= 0.6 is 12.4 Å². The van der Waals surface area contributed by atoms with E-state index in [4.69, 9.17) is 0 Å². The minimum Gasteiger partial charge on any atom is -0.356 e. The molecule has 0 saturated heterocycles. The number of halogens is 3. The van der Waals surface area contributed by atoms with Crippen LogP contribution in [0.15, 0.2) is 103 Å². The number of hydrogen-bond donors (Lipinski definition) is 1. The van der Waals surface area contributed by atoms with E-state index in [1.54, 1.807) is 24.3 Å². The van der Waals surface area contributed by atoms with Gasteiger partial charge in [0.05, 0.1) is 0 Å². The molecular weight excluding hydrogens is 574 g/mol. The molecule has 1 aliphatic heterocycles. The minimum absolute atomic E-state index is 0. The van der Waals surface area contributed by atoms with Crippen LogP contribution < -0.4 is 5.32 Å². The minimum atomic E-state index is -0.264. The number of amides is 1. The van der Waals surface area contributed by atoms with Gasteiger partial charge in [0.25, 0.3) is 0 Å². The second kappa shape index (κ2) is 16.0. The standard InChI is InChI=1S/C38H42F2N2O.ClH/c1-29-36-28-35(40)20-17-31(36)22-27-42(29)26-9-24-38(32-10-4-2-5-11-32,33-12-6-3-7-13-33)23-8-25-41-37(43)21-16-30-14-18-34(39)19-15-30;/h2-7,10-15,17-20,28-29H,8-9,16,21-27H2,1H3,(H,41,43);1H. The van der Waals surface area contributed by atoms with Gasteiger partial charge in [0, 0.05) is 31.0 Å². The van der Waals surface area contributed by atoms with E-state index in [0.29, 0.717) is 19.4 Å². The molecule has 5 rings (SSSR count). The molecule has 3 nitrogen and oxygen atoms in total. The summed E-state index contributed by atoms with van der Waals surface area (Å²) >= 11 is 0. The fourth-order valence-electron chi connectivity index (χ4n) is 6.72. The second-order valence-corrected chi connectivity index (χ2v) is 11.8. The maximum absolute atomic E-state index is 14.1. The number of carbonyl (C=O) groups is 1. The van der Waals surface area contributed by atoms with Gasteiger partial charge in [0.2, 0.25) is 5.91 Å². The summed E-state index contributed by atoms with van der Waals surface area (Å²) < 4.78 is 27.2. The number of fused-ring (bicyclic) bond motifs is 1. The Kier molecular flexibility index (Phi) is 12.1. The summed E-state index contributed by atoms with van der Waals surface area (Å²) in [6.45, 7) is 4.72. The van der Waals surface area contributed by atoms with E-state index in [9.17, 15) is 13.6 Å². The third-order valence-electron chi connectivity index (χ3n) is 9.13. The number of aryl methyl sites for hydroxylation is 1. The van der Waals surface area contributed by atoms with Gasteiger partial charge in [-0.25, -0.2) is 8.78 Å². The van der Waals surface area contributed by atoms with Crippen LogP contribution in [0.4, 0.5) is 8.78 Å². The maximum atomic E-state index is 14.1. The van der Waals surface area contributed by atoms with Gasteiger partial charge in [-0.1, -0.05) is 78.9 Å². The molecule has 232 valence electrons. The maximum Gasteiger partial charge on any atom is 0.220 e. The lowest BCUT2D eigenvalue weighted by molar-refractivity contribution is -0.121. The zero-order valence-electron chi connectivity index (χ0n) is 25.5. The fourth-order valence-corrected chi connectivity index (χ4v) is 6.72. The number of benzene rings is 4. The van der Waals surface area contributed by atoms with Crippen molar-refractivity contribution in [3.8, 4) is 0 Å². The van der Waals surface area contributed by atoms with Crippen molar-refractivity contribution in [1.29, 1.82) is 0 Å². The van der Waals surface area contributed by atoms with Crippen LogP contribution in [0.2, 0.25) is 0 Å². The highest BCUT2D eigenvalue weighted by atomic mass is 35.5. The van der Waals surface area contributed by atoms with Crippen molar-refractivity contribution in [3.63, 3.8) is 0 Å². The Hall–Kier alpha value is -3.54. The molecule has 4 aromatic carbocycles. The third-order valence-corrected chi connectivity index (χ3v) is 9.13. The molecule has 6 heteroatoms. The van der Waals surface area contributed by atoms with Crippen LogP contribution in [0.1, 0.15) is 72.9 Å². The van der Waals surface area contributed by atoms with Crippen LogP contribution in [0, 0.1) is 11.6 Å². The molecular formula is C38H43ClF2N2O. The van der Waals surface area contributed by atoms with Crippen LogP contribution in [-0.2, 0) is 23.1 Å². The number of carbonyl (C=O) groups excluding carboxylic acids is 1. The van der Waals surface area contributed by atoms with Gasteiger partial charge in [0.1, 0.15) is 11.6 Å². The first-order valence-electron chi connectivity index (χ1n) is 15.6. The van der Waals surface area contributed by atoms with E-state index in [1.807, 2.05) is 6.07 Å². The summed E-state index contributed by atoms with van der Waals surface area (Å²) in [5, 5.41) is 3.12. The highest BCUT2D eigenvalue weighted by Crippen LogP contribution is 2.41. The predicted molar refractivity (Wildman–Crippen MR) is 177 cm³/mol. The normalized spacial score (nSPS) is 14.8. The van der Waals surface area contributed by atoms with Crippen molar-refractivity contribution >= 4 is 18.3 Å². The van der Waals surface area contributed by atoms with Crippen molar-refractivity contribution in [3.05, 3.63) is 143 Å². The Morgan fingerprint density at radius 2 is 1.45 bits per heavy atom. The Balaban J connectivity index is 0.00000442. The van der Waals surface area contributed by atoms with E-state index >= 15 is 0 Å². The average molecular weight is 617 g/mol. The molecule has 0 bridgehead atoms. The zero-order chi connectivity index (χ0) is 30.1. The predicted octanol–water partition coefficient (Wildman–Crippen LogP) is 8.60. The summed E-state index contributed by atoms with van der Waals surface area (Å²) in [6.07, 6.45) is 5.65. The first-order valence-corrected chi connectivity index (χ1v) is 15.6. The Morgan fingerprint density at radius 3 is 2.11 bits per heavy atom. The summed E-state index contributed by atoms with van der Waals surface area (Å²) in [7, 11) is 0. The van der Waals surface area contributed by atoms with E-state index in [2.05, 4.69) is 77.8 Å². The Labute approximate surface area is 267 Å². The van der Waals surface area contributed by atoms with E-state index in [0.717, 1.165) is 56.3 Å². The second-order valence-electron chi connectivity index (χ2n) is 11.8. The summed E-state index contributed by atoms with van der Waals surface area (Å²) in [6, 6.07) is 33.3. The van der Waals surface area contributed by atoms with E-state index < -0.39 is 0 Å². The molecule has 1 aliphatic rings. The molecule has 1 atom stereocenters. The van der Waals surface area contributed by atoms with Crippen LogP contribution in [0.5, 0.6) is 0 Å². The van der Waals surface area contributed by atoms with Gasteiger partial charge >= 0.3 is 0 Å². The Bertz CT molecular complexity index is 1420. The summed E-state index contributed by atoms with van der Waals surface area (Å²) in [5.41, 5.74) is 5.72. The van der Waals surface area contributed by atoms with Crippen molar-refractivity contribution < 1.29 is 13.6 Å². The van der Waals surface area contributed by atoms with Gasteiger partial charge in [0.15, 0.2) is 0 Å².